The predicted octanol–water partition coefficient (Wildman–Crippen LogP) is 3.89. The Hall–Kier alpha value is -3.05. The first-order valence-corrected chi connectivity index (χ1v) is 8.26. The van der Waals surface area contributed by atoms with Crippen LogP contribution < -0.4 is 10.4 Å². The Bertz CT molecular complexity index is 785. The minimum absolute atomic E-state index is 0.386. The Kier molecular flexibility index (Phi) is 7.00. The highest BCUT2D eigenvalue weighted by atomic mass is 16.6. The summed E-state index contributed by atoms with van der Waals surface area (Å²) >= 11 is 0. The number of hydroxylamine groups is 1. The van der Waals surface area contributed by atoms with Crippen molar-refractivity contribution in [1.82, 2.24) is 5.48 Å². The van der Waals surface area contributed by atoms with Gasteiger partial charge in [-0.25, -0.2) is 4.79 Å². The number of nitrogens with one attached hydrogen (secondary N) is 1. The van der Waals surface area contributed by atoms with Gasteiger partial charge < -0.3 is 9.64 Å². The van der Waals surface area contributed by atoms with E-state index in [0.29, 0.717) is 18.0 Å². The molecule has 0 amide bonds. The molecule has 0 aliphatic rings. The largest absolute Gasteiger partial charge is 0.464 e. The third kappa shape index (κ3) is 4.97. The molecule has 5 nitrogen and oxygen atoms in total. The molecule has 0 aromatic heterocycles. The summed E-state index contributed by atoms with van der Waals surface area (Å²) < 4.78 is 4.82. The lowest BCUT2D eigenvalue weighted by molar-refractivity contribution is -0.136. The van der Waals surface area contributed by atoms with Crippen molar-refractivity contribution in [3.63, 3.8) is 0 Å². The average molecular weight is 352 g/mol. The van der Waals surface area contributed by atoms with Crippen LogP contribution in [0.15, 0.2) is 72.9 Å². The number of nitrogens with zero attached hydrogens (tertiary/aromatic N) is 1. The second kappa shape index (κ2) is 9.44. The van der Waals surface area contributed by atoms with Crippen molar-refractivity contribution in [3.05, 3.63) is 84.1 Å². The maximum Gasteiger partial charge on any atom is 0.354 e. The van der Waals surface area contributed by atoms with Gasteiger partial charge in [0.1, 0.15) is 5.70 Å². The lowest BCUT2D eigenvalue weighted by Gasteiger charge is -2.21. The van der Waals surface area contributed by atoms with Crippen molar-refractivity contribution < 1.29 is 14.4 Å². The van der Waals surface area contributed by atoms with Crippen LogP contribution in [0, 0.1) is 0 Å². The van der Waals surface area contributed by atoms with Crippen molar-refractivity contribution in [2.24, 2.45) is 0 Å². The van der Waals surface area contributed by atoms with Crippen molar-refractivity contribution in [1.29, 1.82) is 0 Å². The second-order valence-electron chi connectivity index (χ2n) is 5.63. The fourth-order valence-electron chi connectivity index (χ4n) is 2.43. The second-order valence-corrected chi connectivity index (χ2v) is 5.63. The third-order valence-corrected chi connectivity index (χ3v) is 3.89. The molecule has 0 bridgehead atoms. The van der Waals surface area contributed by atoms with E-state index in [-0.39, 0.29) is 5.97 Å². The number of carbonyl (C=O) groups excluding carboxylic acids is 1. The first-order chi connectivity index (χ1) is 12.6. The van der Waals surface area contributed by atoms with E-state index < -0.39 is 0 Å². The Morgan fingerprint density at radius 1 is 1.19 bits per heavy atom. The molecule has 0 atom stereocenters. The van der Waals surface area contributed by atoms with Crippen LogP contribution in [-0.4, -0.2) is 20.1 Å². The van der Waals surface area contributed by atoms with Gasteiger partial charge in [0.15, 0.2) is 0 Å². The summed E-state index contributed by atoms with van der Waals surface area (Å²) in [7, 11) is 3.18. The minimum Gasteiger partial charge on any atom is -0.464 e. The molecule has 2 rings (SSSR count). The number of allylic oxidation sites excluding steroid dienone is 1. The number of rotatable bonds is 8. The summed E-state index contributed by atoms with van der Waals surface area (Å²) in [5.41, 5.74) is 6.74. The van der Waals surface area contributed by atoms with Crippen molar-refractivity contribution in [2.45, 2.75) is 13.5 Å². The zero-order valence-electron chi connectivity index (χ0n) is 15.4. The van der Waals surface area contributed by atoms with Gasteiger partial charge >= 0.3 is 5.97 Å². The van der Waals surface area contributed by atoms with Crippen LogP contribution in [0.4, 0.5) is 5.69 Å². The smallest absolute Gasteiger partial charge is 0.354 e. The minimum atomic E-state index is -0.386. The molecule has 0 aliphatic carbocycles. The van der Waals surface area contributed by atoms with E-state index in [2.05, 4.69) is 12.1 Å². The molecular formula is C21H24N2O3. The normalized spacial score (nSPS) is 11.0. The number of hydrogen-bond acceptors (Lipinski definition) is 5. The van der Waals surface area contributed by atoms with Gasteiger partial charge in [0, 0.05) is 18.3 Å². The van der Waals surface area contributed by atoms with Crippen LogP contribution >= 0.6 is 0 Å². The summed E-state index contributed by atoms with van der Waals surface area (Å²) in [4.78, 5) is 19.2. The number of methoxy groups -OCH3 is 1. The van der Waals surface area contributed by atoms with Crippen LogP contribution in [0.1, 0.15) is 18.1 Å². The molecule has 2 aromatic carbocycles. The van der Waals surface area contributed by atoms with E-state index >= 15 is 0 Å². The molecule has 0 fully saturated rings. The zero-order valence-corrected chi connectivity index (χ0v) is 15.4. The van der Waals surface area contributed by atoms with Gasteiger partial charge in [-0.15, -0.1) is 0 Å². The molecule has 5 heteroatoms. The molecule has 0 heterocycles. The number of likely N-dealkylation sites (N-methyl/N-ethyl adjacent to an activating group) is 1. The van der Waals surface area contributed by atoms with Gasteiger partial charge in [-0.2, -0.15) is 0 Å². The highest BCUT2D eigenvalue weighted by molar-refractivity contribution is 5.92. The summed E-state index contributed by atoms with van der Waals surface area (Å²) in [5, 5.41) is 0. The van der Waals surface area contributed by atoms with Crippen LogP contribution in [0.3, 0.4) is 0 Å². The number of anilines is 1. The highest BCUT2D eigenvalue weighted by Gasteiger charge is 2.15. The maximum atomic E-state index is 11.9. The number of ether oxygens (including phenoxy) is 1. The number of benzene rings is 2. The van der Waals surface area contributed by atoms with Gasteiger partial charge in [0.2, 0.25) is 0 Å². The monoisotopic (exact) mass is 352 g/mol. The van der Waals surface area contributed by atoms with E-state index in [0.717, 1.165) is 16.8 Å². The van der Waals surface area contributed by atoms with E-state index in [1.807, 2.05) is 61.6 Å². The molecule has 0 radical (unpaired) electrons. The molecule has 0 unspecified atom stereocenters. The Morgan fingerprint density at radius 3 is 2.58 bits per heavy atom. The highest BCUT2D eigenvalue weighted by Crippen LogP contribution is 2.22. The standard InChI is InChI=1S/C21H24N2O3/c1-5-20(21(24)25-4)23(3)19-13-9-12-18(14-19)16(2)22-26-15-17-10-7-6-8-11-17/h5-14,22H,2,15H2,1,3-4H3. The molecule has 2 aromatic rings. The van der Waals surface area contributed by atoms with Crippen LogP contribution in [-0.2, 0) is 21.0 Å². The van der Waals surface area contributed by atoms with E-state index in [4.69, 9.17) is 9.57 Å². The quantitative estimate of drug-likeness (QED) is 0.444. The van der Waals surface area contributed by atoms with Gasteiger partial charge in [-0.05, 0) is 24.6 Å². The van der Waals surface area contributed by atoms with Crippen LogP contribution in [0.5, 0.6) is 0 Å². The summed E-state index contributed by atoms with van der Waals surface area (Å²) in [5.74, 6) is -0.386. The van der Waals surface area contributed by atoms with Crippen LogP contribution in [0.25, 0.3) is 5.70 Å². The molecule has 0 saturated carbocycles. The number of carbonyl (C=O) groups is 1. The lowest BCUT2D eigenvalue weighted by atomic mass is 10.1. The summed E-state index contributed by atoms with van der Waals surface area (Å²) in [6.45, 7) is 6.24. The Morgan fingerprint density at radius 2 is 1.92 bits per heavy atom. The molecule has 26 heavy (non-hydrogen) atoms. The molecule has 0 spiro atoms. The maximum absolute atomic E-state index is 11.9. The molecule has 0 aliphatic heterocycles. The average Bonchev–Trinajstić information content (AvgIpc) is 2.69. The van der Waals surface area contributed by atoms with Gasteiger partial charge in [-0.1, -0.05) is 55.1 Å². The number of hydrogen-bond donors (Lipinski definition) is 1. The molecular weight excluding hydrogens is 328 g/mol. The predicted molar refractivity (Wildman–Crippen MR) is 104 cm³/mol. The Labute approximate surface area is 154 Å². The fourth-order valence-corrected chi connectivity index (χ4v) is 2.43. The van der Waals surface area contributed by atoms with Crippen molar-refractivity contribution in [2.75, 3.05) is 19.1 Å². The topological polar surface area (TPSA) is 50.8 Å². The molecule has 0 saturated heterocycles. The van der Waals surface area contributed by atoms with Crippen molar-refractivity contribution >= 4 is 17.4 Å². The molecule has 136 valence electrons. The fraction of sp³-hybridized carbons (Fsp3) is 0.190. The van der Waals surface area contributed by atoms with Gasteiger partial charge in [0.05, 0.1) is 19.4 Å². The first-order valence-electron chi connectivity index (χ1n) is 8.26. The van der Waals surface area contributed by atoms with E-state index in [1.165, 1.54) is 7.11 Å². The zero-order chi connectivity index (χ0) is 18.9. The van der Waals surface area contributed by atoms with Gasteiger partial charge in [-0.3, -0.25) is 10.3 Å². The van der Waals surface area contributed by atoms with Crippen LogP contribution in [0.2, 0.25) is 0 Å². The summed E-state index contributed by atoms with van der Waals surface area (Å²) in [6.07, 6.45) is 1.72. The van der Waals surface area contributed by atoms with E-state index in [9.17, 15) is 4.79 Å². The van der Waals surface area contributed by atoms with Crippen molar-refractivity contribution in [3.8, 4) is 0 Å². The lowest BCUT2D eigenvalue weighted by Crippen LogP contribution is -2.24. The third-order valence-electron chi connectivity index (χ3n) is 3.89. The number of esters is 1. The molecule has 1 N–H and O–H groups in total. The Balaban J connectivity index is 2.03. The first kappa shape index (κ1) is 19.3. The van der Waals surface area contributed by atoms with E-state index in [1.54, 1.807) is 17.9 Å². The SMILES string of the molecule is C=C(NOCc1ccccc1)c1cccc(N(C)C(=CC)C(=O)OC)c1. The summed E-state index contributed by atoms with van der Waals surface area (Å²) in [6, 6.07) is 17.5. The van der Waals surface area contributed by atoms with Gasteiger partial charge in [0.25, 0.3) is 0 Å².